The van der Waals surface area contributed by atoms with E-state index >= 15 is 0 Å². The summed E-state index contributed by atoms with van der Waals surface area (Å²) in [5.41, 5.74) is 3.96. The molecule has 1 amide bonds. The van der Waals surface area contributed by atoms with Gasteiger partial charge in [0.25, 0.3) is 0 Å². The van der Waals surface area contributed by atoms with E-state index in [9.17, 15) is 4.79 Å². The van der Waals surface area contributed by atoms with Gasteiger partial charge in [-0.3, -0.25) is 14.3 Å². The molecule has 0 unspecified atom stereocenters. The average Bonchev–Trinajstić information content (AvgIpc) is 3.04. The number of pyridine rings is 1. The second-order valence-electron chi connectivity index (χ2n) is 5.39. The molecule has 0 atom stereocenters. The summed E-state index contributed by atoms with van der Waals surface area (Å²) >= 11 is 1.41. The Bertz CT molecular complexity index is 859. The number of aryl methyl sites for hydroxylation is 2. The van der Waals surface area contributed by atoms with Crippen LogP contribution in [0.4, 0.5) is 5.69 Å². The number of hydrogen-bond donors (Lipinski definition) is 1. The fourth-order valence-electron chi connectivity index (χ4n) is 2.32. The molecule has 1 aromatic carbocycles. The highest BCUT2D eigenvalue weighted by Gasteiger charge is 2.11. The molecule has 5 nitrogen and oxygen atoms in total. The van der Waals surface area contributed by atoms with Gasteiger partial charge in [0.15, 0.2) is 5.16 Å². The Morgan fingerprint density at radius 2 is 2.00 bits per heavy atom. The van der Waals surface area contributed by atoms with Crippen molar-refractivity contribution in [2.24, 2.45) is 0 Å². The van der Waals surface area contributed by atoms with Gasteiger partial charge in [-0.15, -0.1) is 0 Å². The molecule has 0 radical (unpaired) electrons. The number of imidazole rings is 1. The molecule has 0 aliphatic heterocycles. The zero-order valence-corrected chi connectivity index (χ0v) is 14.4. The van der Waals surface area contributed by atoms with E-state index < -0.39 is 0 Å². The third-order valence-electron chi connectivity index (χ3n) is 3.63. The largest absolute Gasteiger partial charge is 0.324 e. The first-order chi connectivity index (χ1) is 11.6. The molecular formula is C18H18N4OS. The minimum absolute atomic E-state index is 0.0737. The number of carbonyl (C=O) groups excluding carboxylic acids is 1. The van der Waals surface area contributed by atoms with Gasteiger partial charge in [-0.05, 0) is 37.1 Å². The maximum absolute atomic E-state index is 12.2. The number of anilines is 1. The molecule has 0 fully saturated rings. The van der Waals surface area contributed by atoms with E-state index in [1.807, 2.05) is 42.0 Å². The van der Waals surface area contributed by atoms with Crippen molar-refractivity contribution in [2.75, 3.05) is 11.1 Å². The normalized spacial score (nSPS) is 10.6. The van der Waals surface area contributed by atoms with Gasteiger partial charge >= 0.3 is 0 Å². The van der Waals surface area contributed by atoms with Crippen molar-refractivity contribution in [3.8, 4) is 5.69 Å². The summed E-state index contributed by atoms with van der Waals surface area (Å²) in [5, 5.41) is 3.68. The predicted molar refractivity (Wildman–Crippen MR) is 96.6 cm³/mol. The molecule has 24 heavy (non-hydrogen) atoms. The lowest BCUT2D eigenvalue weighted by Gasteiger charge is -2.10. The molecule has 6 heteroatoms. The first-order valence-electron chi connectivity index (χ1n) is 7.58. The number of para-hydroxylation sites is 1. The quantitative estimate of drug-likeness (QED) is 0.722. The van der Waals surface area contributed by atoms with Crippen LogP contribution < -0.4 is 5.32 Å². The number of nitrogens with zero attached hydrogens (tertiary/aromatic N) is 3. The van der Waals surface area contributed by atoms with Crippen molar-refractivity contribution >= 4 is 23.4 Å². The molecule has 0 bridgehead atoms. The lowest BCUT2D eigenvalue weighted by molar-refractivity contribution is -0.113. The molecule has 122 valence electrons. The lowest BCUT2D eigenvalue weighted by Crippen LogP contribution is -2.15. The van der Waals surface area contributed by atoms with Crippen molar-refractivity contribution in [3.05, 3.63) is 66.2 Å². The SMILES string of the molecule is Cc1ccncc1NC(=O)CSc1nccn1-c1ccccc1C. The molecule has 0 saturated carbocycles. The standard InChI is InChI=1S/C18H18N4OS/c1-13-7-8-19-11-15(13)21-17(23)12-24-18-20-9-10-22(18)16-6-4-3-5-14(16)2/h3-11H,12H2,1-2H3,(H,21,23). The van der Waals surface area contributed by atoms with Gasteiger partial charge in [0.1, 0.15) is 0 Å². The van der Waals surface area contributed by atoms with E-state index in [0.29, 0.717) is 0 Å². The topological polar surface area (TPSA) is 59.8 Å². The number of nitrogens with one attached hydrogen (secondary N) is 1. The highest BCUT2D eigenvalue weighted by Crippen LogP contribution is 2.23. The molecule has 2 heterocycles. The summed E-state index contributed by atoms with van der Waals surface area (Å²) in [6.07, 6.45) is 7.02. The number of thioether (sulfide) groups is 1. The van der Waals surface area contributed by atoms with Crippen LogP contribution in [-0.2, 0) is 4.79 Å². The van der Waals surface area contributed by atoms with E-state index in [2.05, 4.69) is 28.3 Å². The Morgan fingerprint density at radius 1 is 1.17 bits per heavy atom. The van der Waals surface area contributed by atoms with Crippen LogP contribution in [0.25, 0.3) is 5.69 Å². The summed E-state index contributed by atoms with van der Waals surface area (Å²) in [6.45, 7) is 4.00. The van der Waals surface area contributed by atoms with Gasteiger partial charge in [0.2, 0.25) is 5.91 Å². The van der Waals surface area contributed by atoms with E-state index in [-0.39, 0.29) is 11.7 Å². The molecule has 0 aliphatic carbocycles. The summed E-state index contributed by atoms with van der Waals surface area (Å²) in [6, 6.07) is 9.97. The predicted octanol–water partition coefficient (Wildman–Crippen LogP) is 3.61. The van der Waals surface area contributed by atoms with Crippen molar-refractivity contribution < 1.29 is 4.79 Å². The van der Waals surface area contributed by atoms with Crippen molar-refractivity contribution in [1.82, 2.24) is 14.5 Å². The molecular weight excluding hydrogens is 320 g/mol. The molecule has 0 aliphatic rings. The molecule has 1 N–H and O–H groups in total. The number of rotatable bonds is 5. The Labute approximate surface area is 145 Å². The van der Waals surface area contributed by atoms with Crippen LogP contribution in [0.15, 0.2) is 60.3 Å². The highest BCUT2D eigenvalue weighted by atomic mass is 32.2. The van der Waals surface area contributed by atoms with Gasteiger partial charge in [-0.25, -0.2) is 4.98 Å². The fraction of sp³-hybridized carbons (Fsp3) is 0.167. The molecule has 3 aromatic rings. The second-order valence-corrected chi connectivity index (χ2v) is 6.34. The van der Waals surface area contributed by atoms with E-state index in [4.69, 9.17) is 0 Å². The Hall–Kier alpha value is -2.60. The summed E-state index contributed by atoms with van der Waals surface area (Å²) in [7, 11) is 0. The van der Waals surface area contributed by atoms with Crippen LogP contribution in [0.1, 0.15) is 11.1 Å². The highest BCUT2D eigenvalue weighted by molar-refractivity contribution is 7.99. The minimum atomic E-state index is -0.0737. The van der Waals surface area contributed by atoms with Gasteiger partial charge < -0.3 is 5.32 Å². The van der Waals surface area contributed by atoms with Gasteiger partial charge in [-0.2, -0.15) is 0 Å². The number of benzene rings is 1. The molecule has 0 spiro atoms. The van der Waals surface area contributed by atoms with E-state index in [0.717, 1.165) is 27.7 Å². The third kappa shape index (κ3) is 3.65. The van der Waals surface area contributed by atoms with Crippen LogP contribution in [-0.4, -0.2) is 26.2 Å². The van der Waals surface area contributed by atoms with Crippen molar-refractivity contribution in [2.45, 2.75) is 19.0 Å². The van der Waals surface area contributed by atoms with Crippen LogP contribution >= 0.6 is 11.8 Å². The summed E-state index contributed by atoms with van der Waals surface area (Å²) < 4.78 is 2.00. The lowest BCUT2D eigenvalue weighted by atomic mass is 10.2. The fourth-order valence-corrected chi connectivity index (χ4v) is 3.09. The summed E-state index contributed by atoms with van der Waals surface area (Å²) in [5.74, 6) is 0.215. The van der Waals surface area contributed by atoms with Crippen LogP contribution in [0, 0.1) is 13.8 Å². The maximum atomic E-state index is 12.2. The van der Waals surface area contributed by atoms with Crippen molar-refractivity contribution in [1.29, 1.82) is 0 Å². The number of amides is 1. The number of aromatic nitrogens is 3. The minimum Gasteiger partial charge on any atom is -0.324 e. The van der Waals surface area contributed by atoms with E-state index in [1.54, 1.807) is 18.6 Å². The van der Waals surface area contributed by atoms with Crippen LogP contribution in [0.3, 0.4) is 0 Å². The Morgan fingerprint density at radius 3 is 2.79 bits per heavy atom. The molecule has 2 aromatic heterocycles. The van der Waals surface area contributed by atoms with Crippen LogP contribution in [0.5, 0.6) is 0 Å². The van der Waals surface area contributed by atoms with Crippen molar-refractivity contribution in [3.63, 3.8) is 0 Å². The number of hydrogen-bond acceptors (Lipinski definition) is 4. The molecule has 3 rings (SSSR count). The average molecular weight is 338 g/mol. The molecule has 0 saturated heterocycles. The van der Waals surface area contributed by atoms with E-state index in [1.165, 1.54) is 11.8 Å². The first kappa shape index (κ1) is 16.3. The van der Waals surface area contributed by atoms with Gasteiger partial charge in [-0.1, -0.05) is 30.0 Å². The monoisotopic (exact) mass is 338 g/mol. The van der Waals surface area contributed by atoms with Gasteiger partial charge in [0, 0.05) is 18.6 Å². The third-order valence-corrected chi connectivity index (χ3v) is 4.59. The Balaban J connectivity index is 1.68. The first-order valence-corrected chi connectivity index (χ1v) is 8.56. The number of carbonyl (C=O) groups is 1. The van der Waals surface area contributed by atoms with Gasteiger partial charge in [0.05, 0.1) is 23.3 Å². The second kappa shape index (κ2) is 7.31. The van der Waals surface area contributed by atoms with Crippen LogP contribution in [0.2, 0.25) is 0 Å². The zero-order valence-electron chi connectivity index (χ0n) is 13.6. The maximum Gasteiger partial charge on any atom is 0.234 e. The zero-order chi connectivity index (χ0) is 16.9. The Kier molecular flexibility index (Phi) is 4.96. The smallest absolute Gasteiger partial charge is 0.234 e. The summed E-state index contributed by atoms with van der Waals surface area (Å²) in [4.78, 5) is 20.6.